The highest BCUT2D eigenvalue weighted by Gasteiger charge is 2.08. The number of aromatic nitrogens is 1. The molecular formula is C12H16N2O4. The van der Waals surface area contributed by atoms with E-state index in [1.54, 1.807) is 25.3 Å². The third-order valence-corrected chi connectivity index (χ3v) is 2.58. The third kappa shape index (κ3) is 2.72. The van der Waals surface area contributed by atoms with Crippen LogP contribution in [0.25, 0.3) is 11.1 Å². The molecule has 0 aliphatic heterocycles. The zero-order valence-electron chi connectivity index (χ0n) is 10.2. The van der Waals surface area contributed by atoms with Gasteiger partial charge >= 0.3 is 5.76 Å². The number of fused-ring (bicyclic) bond motifs is 1. The molecule has 18 heavy (non-hydrogen) atoms. The smallest absolute Gasteiger partial charge is 0.408 e. The molecule has 1 heterocycles. The van der Waals surface area contributed by atoms with Crippen LogP contribution in [0.15, 0.2) is 27.4 Å². The number of anilines is 1. The molecule has 0 bridgehead atoms. The van der Waals surface area contributed by atoms with Crippen LogP contribution in [0.4, 0.5) is 5.69 Å². The summed E-state index contributed by atoms with van der Waals surface area (Å²) in [6.45, 7) is 1.89. The Kier molecular flexibility index (Phi) is 4.01. The molecule has 0 saturated carbocycles. The Balaban J connectivity index is 2.10. The first kappa shape index (κ1) is 12.7. The van der Waals surface area contributed by atoms with E-state index in [9.17, 15) is 4.79 Å². The standard InChI is InChI=1S/C12H16N2O4/c1-16-6-7-17-5-4-14-10-8-9(13)2-3-11(10)18-12(14)15/h2-3,8H,4-7,13H2,1H3. The zero-order chi connectivity index (χ0) is 13.0. The molecule has 0 aliphatic carbocycles. The number of nitrogens with two attached hydrogens (primary N) is 1. The maximum atomic E-state index is 11.6. The van der Waals surface area contributed by atoms with Crippen molar-refractivity contribution >= 4 is 16.8 Å². The lowest BCUT2D eigenvalue weighted by Crippen LogP contribution is -2.18. The average molecular weight is 252 g/mol. The van der Waals surface area contributed by atoms with Crippen molar-refractivity contribution in [3.63, 3.8) is 0 Å². The number of hydrogen-bond donors (Lipinski definition) is 1. The van der Waals surface area contributed by atoms with Gasteiger partial charge in [-0.3, -0.25) is 4.57 Å². The van der Waals surface area contributed by atoms with Crippen molar-refractivity contribution in [2.24, 2.45) is 0 Å². The summed E-state index contributed by atoms with van der Waals surface area (Å²) in [6, 6.07) is 5.11. The van der Waals surface area contributed by atoms with E-state index in [0.29, 0.717) is 43.2 Å². The lowest BCUT2D eigenvalue weighted by atomic mass is 10.3. The molecule has 0 amide bonds. The maximum Gasteiger partial charge on any atom is 0.420 e. The van der Waals surface area contributed by atoms with Gasteiger partial charge in [-0.25, -0.2) is 4.79 Å². The Hall–Kier alpha value is -1.79. The van der Waals surface area contributed by atoms with Crippen LogP contribution in [0.5, 0.6) is 0 Å². The van der Waals surface area contributed by atoms with Crippen LogP contribution in [-0.2, 0) is 16.0 Å². The van der Waals surface area contributed by atoms with Crippen molar-refractivity contribution < 1.29 is 13.9 Å². The lowest BCUT2D eigenvalue weighted by molar-refractivity contribution is 0.0663. The zero-order valence-corrected chi connectivity index (χ0v) is 10.2. The fraction of sp³-hybridized carbons (Fsp3) is 0.417. The fourth-order valence-electron chi connectivity index (χ4n) is 1.69. The Morgan fingerprint density at radius 1 is 1.33 bits per heavy atom. The lowest BCUT2D eigenvalue weighted by Gasteiger charge is -2.04. The second kappa shape index (κ2) is 5.70. The van der Waals surface area contributed by atoms with Gasteiger partial charge in [0.05, 0.1) is 31.9 Å². The van der Waals surface area contributed by atoms with Gasteiger partial charge in [0.25, 0.3) is 0 Å². The quantitative estimate of drug-likeness (QED) is 0.608. The molecule has 6 nitrogen and oxygen atoms in total. The normalized spacial score (nSPS) is 11.2. The number of benzene rings is 1. The maximum absolute atomic E-state index is 11.6. The number of ether oxygens (including phenoxy) is 2. The first-order chi connectivity index (χ1) is 8.72. The number of nitrogens with zero attached hydrogens (tertiary/aromatic N) is 1. The number of hydrogen-bond acceptors (Lipinski definition) is 5. The predicted molar refractivity (Wildman–Crippen MR) is 67.6 cm³/mol. The SMILES string of the molecule is COCCOCCn1c(=O)oc2ccc(N)cc21. The number of methoxy groups -OCH3 is 1. The van der Waals surface area contributed by atoms with Crippen molar-refractivity contribution in [3.8, 4) is 0 Å². The second-order valence-corrected chi connectivity index (χ2v) is 3.85. The van der Waals surface area contributed by atoms with E-state index in [1.807, 2.05) is 0 Å². The van der Waals surface area contributed by atoms with Gasteiger partial charge < -0.3 is 19.6 Å². The van der Waals surface area contributed by atoms with Crippen molar-refractivity contribution in [1.82, 2.24) is 4.57 Å². The number of nitrogen functional groups attached to an aromatic ring is 1. The van der Waals surface area contributed by atoms with Crippen LogP contribution in [0.2, 0.25) is 0 Å². The van der Waals surface area contributed by atoms with Crippen LogP contribution in [-0.4, -0.2) is 31.5 Å². The molecule has 0 spiro atoms. The van der Waals surface area contributed by atoms with Crippen molar-refractivity contribution in [3.05, 3.63) is 28.7 Å². The van der Waals surface area contributed by atoms with E-state index in [2.05, 4.69) is 0 Å². The molecule has 2 rings (SSSR count). The van der Waals surface area contributed by atoms with Crippen molar-refractivity contribution in [2.45, 2.75) is 6.54 Å². The van der Waals surface area contributed by atoms with E-state index in [1.165, 1.54) is 4.57 Å². The van der Waals surface area contributed by atoms with Crippen molar-refractivity contribution in [2.75, 3.05) is 32.7 Å². The highest BCUT2D eigenvalue weighted by atomic mass is 16.5. The van der Waals surface area contributed by atoms with Gasteiger partial charge in [-0.05, 0) is 18.2 Å². The molecule has 0 saturated heterocycles. The molecule has 1 aromatic carbocycles. The van der Waals surface area contributed by atoms with Crippen molar-refractivity contribution in [1.29, 1.82) is 0 Å². The molecule has 6 heteroatoms. The Morgan fingerprint density at radius 3 is 2.94 bits per heavy atom. The topological polar surface area (TPSA) is 79.6 Å². The Bertz CT molecular complexity index is 573. The monoisotopic (exact) mass is 252 g/mol. The number of rotatable bonds is 6. The first-order valence-corrected chi connectivity index (χ1v) is 5.68. The fourth-order valence-corrected chi connectivity index (χ4v) is 1.69. The Labute approximate surface area is 104 Å². The predicted octanol–water partition coefficient (Wildman–Crippen LogP) is 0.840. The number of oxazole rings is 1. The highest BCUT2D eigenvalue weighted by Crippen LogP contribution is 2.16. The van der Waals surface area contributed by atoms with E-state index >= 15 is 0 Å². The summed E-state index contributed by atoms with van der Waals surface area (Å²) in [5, 5.41) is 0. The minimum absolute atomic E-state index is 0.397. The van der Waals surface area contributed by atoms with Crippen LogP contribution < -0.4 is 11.5 Å². The summed E-state index contributed by atoms with van der Waals surface area (Å²) in [5.41, 5.74) is 7.51. The molecule has 0 unspecified atom stereocenters. The van der Waals surface area contributed by atoms with Crippen LogP contribution in [0.3, 0.4) is 0 Å². The molecule has 0 radical (unpaired) electrons. The van der Waals surface area contributed by atoms with Gasteiger partial charge in [-0.2, -0.15) is 0 Å². The van der Waals surface area contributed by atoms with Gasteiger partial charge in [0.1, 0.15) is 0 Å². The van der Waals surface area contributed by atoms with E-state index in [-0.39, 0.29) is 0 Å². The summed E-state index contributed by atoms with van der Waals surface area (Å²) < 4.78 is 16.8. The first-order valence-electron chi connectivity index (χ1n) is 5.68. The third-order valence-electron chi connectivity index (χ3n) is 2.58. The molecule has 2 aromatic rings. The molecule has 2 N–H and O–H groups in total. The summed E-state index contributed by atoms with van der Waals surface area (Å²) >= 11 is 0. The molecule has 0 atom stereocenters. The second-order valence-electron chi connectivity index (χ2n) is 3.85. The van der Waals surface area contributed by atoms with E-state index in [0.717, 1.165) is 0 Å². The summed E-state index contributed by atoms with van der Waals surface area (Å²) in [7, 11) is 1.61. The van der Waals surface area contributed by atoms with Gasteiger partial charge in [-0.15, -0.1) is 0 Å². The summed E-state index contributed by atoms with van der Waals surface area (Å²) in [4.78, 5) is 11.6. The molecule has 0 aliphatic rings. The summed E-state index contributed by atoms with van der Waals surface area (Å²) in [5.74, 6) is -0.397. The highest BCUT2D eigenvalue weighted by molar-refractivity contribution is 5.76. The van der Waals surface area contributed by atoms with Gasteiger partial charge in [0, 0.05) is 12.8 Å². The minimum atomic E-state index is -0.397. The minimum Gasteiger partial charge on any atom is -0.408 e. The van der Waals surface area contributed by atoms with Crippen LogP contribution in [0.1, 0.15) is 0 Å². The van der Waals surface area contributed by atoms with Gasteiger partial charge in [0.2, 0.25) is 0 Å². The molecular weight excluding hydrogens is 236 g/mol. The van der Waals surface area contributed by atoms with Crippen LogP contribution in [0, 0.1) is 0 Å². The molecule has 98 valence electrons. The van der Waals surface area contributed by atoms with Gasteiger partial charge in [-0.1, -0.05) is 0 Å². The van der Waals surface area contributed by atoms with E-state index in [4.69, 9.17) is 19.6 Å². The van der Waals surface area contributed by atoms with E-state index < -0.39 is 5.76 Å². The average Bonchev–Trinajstić information content (AvgIpc) is 2.65. The largest absolute Gasteiger partial charge is 0.420 e. The summed E-state index contributed by atoms with van der Waals surface area (Å²) in [6.07, 6.45) is 0. The molecule has 1 aromatic heterocycles. The van der Waals surface area contributed by atoms with Crippen LogP contribution >= 0.6 is 0 Å². The molecule has 0 fully saturated rings. The van der Waals surface area contributed by atoms with Gasteiger partial charge in [0.15, 0.2) is 5.58 Å². The Morgan fingerprint density at radius 2 is 2.17 bits per heavy atom.